The molecule has 9 nitrogen and oxygen atoms in total. The maximum absolute atomic E-state index is 12.4. The second-order valence-electron chi connectivity index (χ2n) is 6.20. The molecule has 9 heteroatoms. The van der Waals surface area contributed by atoms with Gasteiger partial charge in [0.05, 0.1) is 18.3 Å². The van der Waals surface area contributed by atoms with Gasteiger partial charge in [-0.25, -0.2) is 19.6 Å². The third-order valence-electron chi connectivity index (χ3n) is 3.92. The van der Waals surface area contributed by atoms with Crippen molar-refractivity contribution in [1.29, 1.82) is 0 Å². The molecule has 0 spiro atoms. The van der Waals surface area contributed by atoms with Gasteiger partial charge in [0.1, 0.15) is 12.1 Å². The number of hydrogen-bond acceptors (Lipinski definition) is 7. The van der Waals surface area contributed by atoms with Gasteiger partial charge in [-0.3, -0.25) is 9.78 Å². The Morgan fingerprint density at radius 2 is 2.11 bits per heavy atom. The molecule has 4 aromatic heterocycles. The topological polar surface area (TPSA) is 112 Å². The SMILES string of the molecule is Cc1cc(C)n(-c2cc(NC(=O)Cc3cccnc3)nc(-c3ncco3)n2)n1. The second-order valence-corrected chi connectivity index (χ2v) is 6.20. The summed E-state index contributed by atoms with van der Waals surface area (Å²) in [6, 6.07) is 7.22. The zero-order valence-corrected chi connectivity index (χ0v) is 15.3. The van der Waals surface area contributed by atoms with Gasteiger partial charge in [0.15, 0.2) is 5.82 Å². The molecular weight excluding hydrogens is 358 g/mol. The van der Waals surface area contributed by atoms with Crippen LogP contribution in [0.1, 0.15) is 17.0 Å². The Labute approximate surface area is 160 Å². The fourth-order valence-electron chi connectivity index (χ4n) is 2.77. The number of amides is 1. The van der Waals surface area contributed by atoms with Crippen molar-refractivity contribution in [2.75, 3.05) is 5.32 Å². The van der Waals surface area contributed by atoms with Crippen LogP contribution in [0.5, 0.6) is 0 Å². The molecule has 1 N–H and O–H groups in total. The fourth-order valence-corrected chi connectivity index (χ4v) is 2.77. The highest BCUT2D eigenvalue weighted by atomic mass is 16.3. The molecule has 0 radical (unpaired) electrons. The Morgan fingerprint density at radius 1 is 1.21 bits per heavy atom. The van der Waals surface area contributed by atoms with E-state index in [4.69, 9.17) is 4.42 Å². The van der Waals surface area contributed by atoms with Crippen LogP contribution in [0.3, 0.4) is 0 Å². The molecule has 0 bridgehead atoms. The van der Waals surface area contributed by atoms with Crippen molar-refractivity contribution in [1.82, 2.24) is 29.7 Å². The molecule has 140 valence electrons. The van der Waals surface area contributed by atoms with Crippen LogP contribution in [0.4, 0.5) is 5.82 Å². The molecule has 0 saturated heterocycles. The summed E-state index contributed by atoms with van der Waals surface area (Å²) in [4.78, 5) is 29.4. The van der Waals surface area contributed by atoms with E-state index < -0.39 is 0 Å². The van der Waals surface area contributed by atoms with E-state index in [9.17, 15) is 4.79 Å². The molecule has 0 atom stereocenters. The number of aryl methyl sites for hydroxylation is 2. The van der Waals surface area contributed by atoms with Gasteiger partial charge >= 0.3 is 0 Å². The Hall–Kier alpha value is -3.88. The number of anilines is 1. The second kappa shape index (κ2) is 7.39. The lowest BCUT2D eigenvalue weighted by molar-refractivity contribution is -0.115. The highest BCUT2D eigenvalue weighted by Crippen LogP contribution is 2.20. The van der Waals surface area contributed by atoms with Gasteiger partial charge in [-0.15, -0.1) is 0 Å². The molecule has 4 rings (SSSR count). The molecule has 0 aliphatic rings. The summed E-state index contributed by atoms with van der Waals surface area (Å²) in [7, 11) is 0. The average Bonchev–Trinajstić information content (AvgIpc) is 3.32. The summed E-state index contributed by atoms with van der Waals surface area (Å²) in [6.45, 7) is 3.82. The predicted molar refractivity (Wildman–Crippen MR) is 101 cm³/mol. The van der Waals surface area contributed by atoms with Crippen LogP contribution in [0.25, 0.3) is 17.5 Å². The van der Waals surface area contributed by atoms with Crippen molar-refractivity contribution in [2.45, 2.75) is 20.3 Å². The minimum atomic E-state index is -0.218. The summed E-state index contributed by atoms with van der Waals surface area (Å²) in [6.07, 6.45) is 6.44. The van der Waals surface area contributed by atoms with E-state index in [1.807, 2.05) is 26.0 Å². The van der Waals surface area contributed by atoms with Crippen LogP contribution in [0, 0.1) is 13.8 Å². The zero-order chi connectivity index (χ0) is 19.5. The summed E-state index contributed by atoms with van der Waals surface area (Å²) in [5.74, 6) is 1.13. The zero-order valence-electron chi connectivity index (χ0n) is 15.3. The number of oxazole rings is 1. The van der Waals surface area contributed by atoms with Crippen molar-refractivity contribution >= 4 is 11.7 Å². The number of rotatable bonds is 5. The van der Waals surface area contributed by atoms with Crippen molar-refractivity contribution in [3.63, 3.8) is 0 Å². The maximum atomic E-state index is 12.4. The summed E-state index contributed by atoms with van der Waals surface area (Å²) in [5, 5.41) is 7.25. The Kier molecular flexibility index (Phi) is 4.63. The molecule has 0 fully saturated rings. The van der Waals surface area contributed by atoms with E-state index in [0.29, 0.717) is 11.6 Å². The van der Waals surface area contributed by atoms with Crippen molar-refractivity contribution in [3.8, 4) is 17.5 Å². The average molecular weight is 375 g/mol. The first-order chi connectivity index (χ1) is 13.6. The van der Waals surface area contributed by atoms with Gasteiger partial charge < -0.3 is 9.73 Å². The number of aromatic nitrogens is 6. The molecule has 0 saturated carbocycles. The van der Waals surface area contributed by atoms with E-state index in [-0.39, 0.29) is 24.0 Å². The van der Waals surface area contributed by atoms with E-state index in [1.165, 1.54) is 12.5 Å². The van der Waals surface area contributed by atoms with Gasteiger partial charge in [0, 0.05) is 24.2 Å². The summed E-state index contributed by atoms with van der Waals surface area (Å²) >= 11 is 0. The van der Waals surface area contributed by atoms with Gasteiger partial charge in [-0.2, -0.15) is 5.10 Å². The minimum absolute atomic E-state index is 0.182. The highest BCUT2D eigenvalue weighted by molar-refractivity contribution is 5.91. The fraction of sp³-hybridized carbons (Fsp3) is 0.158. The van der Waals surface area contributed by atoms with E-state index >= 15 is 0 Å². The number of nitrogens with zero attached hydrogens (tertiary/aromatic N) is 6. The number of nitrogens with one attached hydrogen (secondary N) is 1. The van der Waals surface area contributed by atoms with Gasteiger partial charge in [0.2, 0.25) is 11.7 Å². The molecule has 4 heterocycles. The molecule has 0 aromatic carbocycles. The van der Waals surface area contributed by atoms with E-state index in [1.54, 1.807) is 29.2 Å². The highest BCUT2D eigenvalue weighted by Gasteiger charge is 2.15. The number of pyridine rings is 1. The van der Waals surface area contributed by atoms with Gasteiger partial charge in [-0.1, -0.05) is 6.07 Å². The number of hydrogen-bond donors (Lipinski definition) is 1. The molecule has 1 amide bonds. The smallest absolute Gasteiger partial charge is 0.264 e. The van der Waals surface area contributed by atoms with Crippen molar-refractivity contribution < 1.29 is 9.21 Å². The van der Waals surface area contributed by atoms with Gasteiger partial charge in [0.25, 0.3) is 5.89 Å². The molecule has 0 aliphatic heterocycles. The maximum Gasteiger partial charge on any atom is 0.264 e. The van der Waals surface area contributed by atoms with Crippen LogP contribution in [0.15, 0.2) is 53.5 Å². The molecule has 0 unspecified atom stereocenters. The lowest BCUT2D eigenvalue weighted by Gasteiger charge is -2.09. The largest absolute Gasteiger partial charge is 0.442 e. The quantitative estimate of drug-likeness (QED) is 0.570. The first-order valence-corrected chi connectivity index (χ1v) is 8.60. The minimum Gasteiger partial charge on any atom is -0.442 e. The van der Waals surface area contributed by atoms with Crippen LogP contribution >= 0.6 is 0 Å². The van der Waals surface area contributed by atoms with E-state index in [2.05, 4.69) is 30.4 Å². The van der Waals surface area contributed by atoms with Gasteiger partial charge in [-0.05, 0) is 31.5 Å². The normalized spacial score (nSPS) is 10.8. The van der Waals surface area contributed by atoms with Crippen LogP contribution in [-0.4, -0.2) is 35.6 Å². The standard InChI is InChI=1S/C19H17N7O2/c1-12-8-13(2)26(25-12)16-10-15(23-18(24-16)19-21-6-7-28-19)22-17(27)9-14-4-3-5-20-11-14/h3-8,10-11H,9H2,1-2H3,(H,22,23,24,27). The lowest BCUT2D eigenvalue weighted by Crippen LogP contribution is -2.17. The first kappa shape index (κ1) is 17.5. The Balaban J connectivity index is 1.68. The van der Waals surface area contributed by atoms with Crippen molar-refractivity contribution in [2.24, 2.45) is 0 Å². The van der Waals surface area contributed by atoms with E-state index in [0.717, 1.165) is 17.0 Å². The number of carbonyl (C=O) groups is 1. The van der Waals surface area contributed by atoms with Crippen molar-refractivity contribution in [3.05, 3.63) is 66.1 Å². The summed E-state index contributed by atoms with van der Waals surface area (Å²) < 4.78 is 7.00. The van der Waals surface area contributed by atoms with Crippen LogP contribution in [-0.2, 0) is 11.2 Å². The molecular formula is C19H17N7O2. The Morgan fingerprint density at radius 3 is 2.79 bits per heavy atom. The third-order valence-corrected chi connectivity index (χ3v) is 3.92. The first-order valence-electron chi connectivity index (χ1n) is 8.60. The molecule has 0 aliphatic carbocycles. The lowest BCUT2D eigenvalue weighted by atomic mass is 10.2. The molecule has 28 heavy (non-hydrogen) atoms. The predicted octanol–water partition coefficient (Wildman–Crippen LogP) is 2.51. The van der Waals surface area contributed by atoms with Crippen LogP contribution in [0.2, 0.25) is 0 Å². The number of carbonyl (C=O) groups excluding carboxylic acids is 1. The Bertz CT molecular complexity index is 1100. The monoisotopic (exact) mass is 375 g/mol. The third kappa shape index (κ3) is 3.78. The van der Waals surface area contributed by atoms with Crippen LogP contribution < -0.4 is 5.32 Å². The summed E-state index contributed by atoms with van der Waals surface area (Å²) in [5.41, 5.74) is 2.57. The molecule has 4 aromatic rings.